The summed E-state index contributed by atoms with van der Waals surface area (Å²) in [5.41, 5.74) is -1.64. The minimum atomic E-state index is -4.53. The smallest absolute Gasteiger partial charge is 0.382 e. The molecule has 3 aromatic heterocycles. The zero-order valence-corrected chi connectivity index (χ0v) is 18.4. The van der Waals surface area contributed by atoms with Crippen molar-refractivity contribution in [1.82, 2.24) is 25.0 Å². The van der Waals surface area contributed by atoms with E-state index in [2.05, 4.69) is 25.6 Å². The second-order valence-electron chi connectivity index (χ2n) is 5.90. The third-order valence-electron chi connectivity index (χ3n) is 3.73. The standard InChI is InChI=1S/C17H16ClF3N6O2S2/c1-2-29-7-3-6-22-15-25-26-16(31-15)30-11-9-24-27(14(28)13(11)18)12-5-4-10(8-23-12)17(19,20)21/h4-5,8-9H,2-3,6-7H2,1H3,(H,22,25). The van der Waals surface area contributed by atoms with Crippen molar-refractivity contribution in [2.24, 2.45) is 0 Å². The first-order chi connectivity index (χ1) is 14.8. The maximum Gasteiger partial charge on any atom is 0.417 e. The summed E-state index contributed by atoms with van der Waals surface area (Å²) >= 11 is 8.56. The van der Waals surface area contributed by atoms with Gasteiger partial charge in [-0.1, -0.05) is 34.7 Å². The summed E-state index contributed by atoms with van der Waals surface area (Å²) < 4.78 is 44.7. The molecule has 0 bridgehead atoms. The van der Waals surface area contributed by atoms with Gasteiger partial charge in [-0.05, 0) is 25.5 Å². The molecular formula is C17H16ClF3N6O2S2. The van der Waals surface area contributed by atoms with E-state index in [1.54, 1.807) is 0 Å². The van der Waals surface area contributed by atoms with Crippen LogP contribution in [-0.4, -0.2) is 44.7 Å². The molecule has 0 saturated heterocycles. The van der Waals surface area contributed by atoms with Crippen molar-refractivity contribution >= 4 is 39.8 Å². The van der Waals surface area contributed by atoms with E-state index in [4.69, 9.17) is 16.3 Å². The Balaban J connectivity index is 1.69. The van der Waals surface area contributed by atoms with Crippen LogP contribution in [-0.2, 0) is 10.9 Å². The van der Waals surface area contributed by atoms with Gasteiger partial charge in [0.2, 0.25) is 5.13 Å². The molecule has 0 radical (unpaired) electrons. The third kappa shape index (κ3) is 6.15. The van der Waals surface area contributed by atoms with Gasteiger partial charge in [0.05, 0.1) is 16.7 Å². The molecule has 0 aliphatic rings. The number of halogens is 4. The van der Waals surface area contributed by atoms with Crippen molar-refractivity contribution in [2.75, 3.05) is 25.1 Å². The highest BCUT2D eigenvalue weighted by Gasteiger charge is 2.30. The molecule has 3 heterocycles. The number of ether oxygens (including phenoxy) is 1. The molecule has 0 fully saturated rings. The average molecular weight is 493 g/mol. The van der Waals surface area contributed by atoms with Crippen LogP contribution in [0.25, 0.3) is 5.82 Å². The number of nitrogens with one attached hydrogen (secondary N) is 1. The highest BCUT2D eigenvalue weighted by atomic mass is 35.5. The Kier molecular flexibility index (Phi) is 7.86. The lowest BCUT2D eigenvalue weighted by molar-refractivity contribution is -0.137. The van der Waals surface area contributed by atoms with Crippen LogP contribution in [0.15, 0.2) is 38.6 Å². The molecule has 0 atom stereocenters. The van der Waals surface area contributed by atoms with E-state index in [0.717, 1.165) is 35.0 Å². The number of pyridine rings is 1. The van der Waals surface area contributed by atoms with Crippen molar-refractivity contribution in [3.8, 4) is 5.82 Å². The molecular weight excluding hydrogens is 477 g/mol. The molecule has 0 aliphatic carbocycles. The first-order valence-corrected chi connectivity index (χ1v) is 10.9. The number of anilines is 1. The van der Waals surface area contributed by atoms with Crippen LogP contribution in [0.3, 0.4) is 0 Å². The monoisotopic (exact) mass is 492 g/mol. The van der Waals surface area contributed by atoms with Gasteiger partial charge < -0.3 is 10.1 Å². The highest BCUT2D eigenvalue weighted by Crippen LogP contribution is 2.34. The van der Waals surface area contributed by atoms with Gasteiger partial charge in [0.15, 0.2) is 10.2 Å². The quantitative estimate of drug-likeness (QED) is 0.445. The van der Waals surface area contributed by atoms with Crippen molar-refractivity contribution in [3.63, 3.8) is 0 Å². The SMILES string of the molecule is CCOCCCNc1nnc(Sc2cnn(-c3ccc(C(F)(F)F)cn3)c(=O)c2Cl)s1. The molecule has 3 aromatic rings. The predicted octanol–water partition coefficient (Wildman–Crippen LogP) is 4.14. The number of rotatable bonds is 9. The van der Waals surface area contributed by atoms with Crippen molar-refractivity contribution in [3.05, 3.63) is 45.5 Å². The maximum atomic E-state index is 12.7. The van der Waals surface area contributed by atoms with Gasteiger partial charge in [0.25, 0.3) is 5.56 Å². The van der Waals surface area contributed by atoms with Gasteiger partial charge in [0, 0.05) is 26.0 Å². The summed E-state index contributed by atoms with van der Waals surface area (Å²) in [5, 5.41) is 15.6. The van der Waals surface area contributed by atoms with E-state index in [9.17, 15) is 18.0 Å². The minimum Gasteiger partial charge on any atom is -0.382 e. The molecule has 0 aromatic carbocycles. The van der Waals surface area contributed by atoms with Gasteiger partial charge in [-0.3, -0.25) is 4.79 Å². The Labute approximate surface area is 187 Å². The molecule has 0 spiro atoms. The first-order valence-electron chi connectivity index (χ1n) is 8.94. The van der Waals surface area contributed by atoms with Crippen LogP contribution in [0.5, 0.6) is 0 Å². The predicted molar refractivity (Wildman–Crippen MR) is 111 cm³/mol. The fourth-order valence-electron chi connectivity index (χ4n) is 2.26. The second kappa shape index (κ2) is 10.4. The zero-order valence-electron chi connectivity index (χ0n) is 16.0. The lowest BCUT2D eigenvalue weighted by Gasteiger charge is -2.08. The Bertz CT molecular complexity index is 1070. The zero-order chi connectivity index (χ0) is 22.4. The van der Waals surface area contributed by atoms with Crippen LogP contribution >= 0.6 is 34.7 Å². The van der Waals surface area contributed by atoms with Crippen LogP contribution in [0, 0.1) is 0 Å². The fraction of sp³-hybridized carbons (Fsp3) is 0.353. The molecule has 31 heavy (non-hydrogen) atoms. The molecule has 0 amide bonds. The Morgan fingerprint density at radius 3 is 2.77 bits per heavy atom. The lowest BCUT2D eigenvalue weighted by atomic mass is 10.3. The molecule has 0 unspecified atom stereocenters. The Hall–Kier alpha value is -2.22. The summed E-state index contributed by atoms with van der Waals surface area (Å²) in [6.45, 7) is 3.93. The number of hydrogen-bond donors (Lipinski definition) is 1. The molecule has 3 rings (SSSR count). The molecule has 166 valence electrons. The van der Waals surface area contributed by atoms with Gasteiger partial charge in [0.1, 0.15) is 5.02 Å². The number of hydrogen-bond acceptors (Lipinski definition) is 9. The van der Waals surface area contributed by atoms with Crippen molar-refractivity contribution in [1.29, 1.82) is 0 Å². The van der Waals surface area contributed by atoms with E-state index in [0.29, 0.717) is 40.3 Å². The molecule has 1 N–H and O–H groups in total. The van der Waals surface area contributed by atoms with Crippen LogP contribution in [0.4, 0.5) is 18.3 Å². The van der Waals surface area contributed by atoms with Crippen LogP contribution in [0.2, 0.25) is 5.02 Å². The average Bonchev–Trinajstić information content (AvgIpc) is 3.18. The molecule has 0 aliphatic heterocycles. The summed E-state index contributed by atoms with van der Waals surface area (Å²) in [4.78, 5) is 16.5. The Morgan fingerprint density at radius 2 is 2.10 bits per heavy atom. The topological polar surface area (TPSA) is 94.8 Å². The minimum absolute atomic E-state index is 0.0779. The van der Waals surface area contributed by atoms with Gasteiger partial charge in [-0.25, -0.2) is 4.98 Å². The van der Waals surface area contributed by atoms with E-state index in [1.807, 2.05) is 6.92 Å². The summed E-state index contributed by atoms with van der Waals surface area (Å²) in [7, 11) is 0. The molecule has 0 saturated carbocycles. The van der Waals surface area contributed by atoms with Gasteiger partial charge in [-0.2, -0.15) is 23.0 Å². The van der Waals surface area contributed by atoms with E-state index >= 15 is 0 Å². The Morgan fingerprint density at radius 1 is 1.29 bits per heavy atom. The number of nitrogens with zero attached hydrogens (tertiary/aromatic N) is 5. The van der Waals surface area contributed by atoms with Gasteiger partial charge in [-0.15, -0.1) is 10.2 Å². The van der Waals surface area contributed by atoms with Crippen molar-refractivity contribution in [2.45, 2.75) is 28.8 Å². The highest BCUT2D eigenvalue weighted by molar-refractivity contribution is 8.01. The van der Waals surface area contributed by atoms with E-state index < -0.39 is 17.3 Å². The van der Waals surface area contributed by atoms with Crippen molar-refractivity contribution < 1.29 is 17.9 Å². The lowest BCUT2D eigenvalue weighted by Crippen LogP contribution is -2.23. The first kappa shape index (κ1) is 23.4. The maximum absolute atomic E-state index is 12.7. The number of alkyl halides is 3. The van der Waals surface area contributed by atoms with Crippen LogP contribution in [0.1, 0.15) is 18.9 Å². The van der Waals surface area contributed by atoms with Gasteiger partial charge >= 0.3 is 6.18 Å². The largest absolute Gasteiger partial charge is 0.417 e. The third-order valence-corrected chi connectivity index (χ3v) is 6.17. The normalized spacial score (nSPS) is 11.6. The van der Waals surface area contributed by atoms with Crippen LogP contribution < -0.4 is 10.9 Å². The molecule has 14 heteroatoms. The number of aromatic nitrogens is 5. The van der Waals surface area contributed by atoms with E-state index in [-0.39, 0.29) is 10.8 Å². The summed E-state index contributed by atoms with van der Waals surface area (Å²) in [6, 6.07) is 1.87. The fourth-order valence-corrected chi connectivity index (χ4v) is 4.23. The second-order valence-corrected chi connectivity index (χ2v) is 8.54. The van der Waals surface area contributed by atoms with E-state index in [1.165, 1.54) is 17.5 Å². The molecule has 8 nitrogen and oxygen atoms in total. The summed E-state index contributed by atoms with van der Waals surface area (Å²) in [6.07, 6.45) is -1.75. The summed E-state index contributed by atoms with van der Waals surface area (Å²) in [5.74, 6) is -0.0779.